The summed E-state index contributed by atoms with van der Waals surface area (Å²) in [4.78, 5) is 0. The number of halogens is 3. The van der Waals surface area contributed by atoms with E-state index in [1.807, 2.05) is 0 Å². The summed E-state index contributed by atoms with van der Waals surface area (Å²) in [5.74, 6) is 0.663. The zero-order chi connectivity index (χ0) is 14.5. The predicted octanol–water partition coefficient (Wildman–Crippen LogP) is 4.63. The molecule has 0 saturated carbocycles. The van der Waals surface area contributed by atoms with Crippen molar-refractivity contribution in [3.8, 4) is 5.75 Å². The Morgan fingerprint density at radius 2 is 1.60 bits per heavy atom. The molecule has 0 aromatic heterocycles. The molecule has 0 spiro atoms. The van der Waals surface area contributed by atoms with Gasteiger partial charge in [0.05, 0.1) is 6.10 Å². The van der Waals surface area contributed by atoms with Crippen molar-refractivity contribution in [2.24, 2.45) is 0 Å². The molecule has 1 unspecified atom stereocenters. The Hall–Kier alpha value is -0.930. The number of hydrogen-bond donors (Lipinski definition) is 1. The Kier molecular flexibility index (Phi) is 5.55. The van der Waals surface area contributed by atoms with Crippen LogP contribution in [0.1, 0.15) is 5.56 Å². The summed E-state index contributed by atoms with van der Waals surface area (Å²) in [6.45, 7) is 0.181. The van der Waals surface area contributed by atoms with Crippen molar-refractivity contribution in [1.82, 2.24) is 0 Å². The molecule has 0 radical (unpaired) electrons. The van der Waals surface area contributed by atoms with Crippen LogP contribution in [0.3, 0.4) is 0 Å². The highest BCUT2D eigenvalue weighted by atomic mass is 35.5. The van der Waals surface area contributed by atoms with E-state index in [0.717, 1.165) is 5.56 Å². The molecule has 0 heterocycles. The maximum atomic E-state index is 9.97. The molecule has 2 aromatic rings. The highest BCUT2D eigenvalue weighted by molar-refractivity contribution is 6.35. The molecule has 2 aromatic carbocycles. The third kappa shape index (κ3) is 4.57. The topological polar surface area (TPSA) is 29.5 Å². The lowest BCUT2D eigenvalue weighted by molar-refractivity contribution is 0.108. The molecule has 0 bridgehead atoms. The van der Waals surface area contributed by atoms with E-state index in [9.17, 15) is 5.11 Å². The molecular weight excluding hydrogens is 319 g/mol. The molecule has 0 amide bonds. The standard InChI is InChI=1S/C15H13Cl3O2/c16-11-3-5-14(6-4-11)20-9-13(19)7-10-1-2-12(17)8-15(10)18/h1-6,8,13,19H,7,9H2. The van der Waals surface area contributed by atoms with Gasteiger partial charge in [0.25, 0.3) is 0 Å². The van der Waals surface area contributed by atoms with Gasteiger partial charge in [0.1, 0.15) is 12.4 Å². The molecule has 1 N–H and O–H groups in total. The molecule has 0 aliphatic rings. The van der Waals surface area contributed by atoms with Crippen LogP contribution in [0.15, 0.2) is 42.5 Å². The molecule has 0 fully saturated rings. The van der Waals surface area contributed by atoms with Crippen LogP contribution in [0.4, 0.5) is 0 Å². The second-order valence-electron chi connectivity index (χ2n) is 4.36. The minimum atomic E-state index is -0.649. The fourth-order valence-corrected chi connectivity index (χ4v) is 2.33. The van der Waals surface area contributed by atoms with Gasteiger partial charge in [-0.15, -0.1) is 0 Å². The van der Waals surface area contributed by atoms with E-state index >= 15 is 0 Å². The number of aliphatic hydroxyl groups excluding tert-OH is 1. The Bertz CT molecular complexity index is 570. The zero-order valence-electron chi connectivity index (χ0n) is 10.5. The first-order valence-electron chi connectivity index (χ1n) is 6.05. The predicted molar refractivity (Wildman–Crippen MR) is 83.1 cm³/mol. The zero-order valence-corrected chi connectivity index (χ0v) is 12.8. The lowest BCUT2D eigenvalue weighted by atomic mass is 10.1. The summed E-state index contributed by atoms with van der Waals surface area (Å²) in [6.07, 6.45) is -0.242. The molecular formula is C15H13Cl3O2. The first-order chi connectivity index (χ1) is 9.54. The number of rotatable bonds is 5. The van der Waals surface area contributed by atoms with Gasteiger partial charge in [-0.1, -0.05) is 40.9 Å². The second-order valence-corrected chi connectivity index (χ2v) is 5.64. The van der Waals surface area contributed by atoms with Crippen LogP contribution >= 0.6 is 34.8 Å². The molecule has 106 valence electrons. The number of benzene rings is 2. The van der Waals surface area contributed by atoms with Gasteiger partial charge in [-0.25, -0.2) is 0 Å². The van der Waals surface area contributed by atoms with Crippen molar-refractivity contribution in [3.63, 3.8) is 0 Å². The summed E-state index contributed by atoms with van der Waals surface area (Å²) in [5.41, 5.74) is 0.836. The molecule has 1 atom stereocenters. The van der Waals surface area contributed by atoms with Gasteiger partial charge in [0.15, 0.2) is 0 Å². The van der Waals surface area contributed by atoms with Crippen LogP contribution in [0.5, 0.6) is 5.75 Å². The molecule has 0 aliphatic carbocycles. The van der Waals surface area contributed by atoms with Gasteiger partial charge in [-0.05, 0) is 42.0 Å². The third-order valence-corrected chi connectivity index (χ3v) is 3.57. The van der Waals surface area contributed by atoms with E-state index in [1.165, 1.54) is 0 Å². The minimum Gasteiger partial charge on any atom is -0.491 e. The monoisotopic (exact) mass is 330 g/mol. The molecule has 0 aliphatic heterocycles. The Morgan fingerprint density at radius 1 is 0.950 bits per heavy atom. The van der Waals surface area contributed by atoms with E-state index in [0.29, 0.717) is 27.2 Å². The quantitative estimate of drug-likeness (QED) is 0.865. The van der Waals surface area contributed by atoms with E-state index in [-0.39, 0.29) is 6.61 Å². The lowest BCUT2D eigenvalue weighted by Gasteiger charge is -2.13. The van der Waals surface area contributed by atoms with Gasteiger partial charge in [-0.3, -0.25) is 0 Å². The van der Waals surface area contributed by atoms with E-state index in [1.54, 1.807) is 42.5 Å². The average Bonchev–Trinajstić information content (AvgIpc) is 2.41. The van der Waals surface area contributed by atoms with Gasteiger partial charge < -0.3 is 9.84 Å². The molecule has 5 heteroatoms. The first kappa shape index (κ1) is 15.5. The normalized spacial score (nSPS) is 12.2. The maximum Gasteiger partial charge on any atom is 0.119 e. The summed E-state index contributed by atoms with van der Waals surface area (Å²) < 4.78 is 5.48. The Balaban J connectivity index is 1.89. The van der Waals surface area contributed by atoms with Crippen LogP contribution < -0.4 is 4.74 Å². The molecule has 2 rings (SSSR count). The first-order valence-corrected chi connectivity index (χ1v) is 7.18. The van der Waals surface area contributed by atoms with Gasteiger partial charge >= 0.3 is 0 Å². The van der Waals surface area contributed by atoms with Crippen LogP contribution in [0, 0.1) is 0 Å². The number of hydrogen-bond acceptors (Lipinski definition) is 2. The number of aliphatic hydroxyl groups is 1. The van der Waals surface area contributed by atoms with E-state index in [4.69, 9.17) is 39.5 Å². The van der Waals surface area contributed by atoms with Gasteiger partial charge in [-0.2, -0.15) is 0 Å². The highest BCUT2D eigenvalue weighted by Gasteiger charge is 2.10. The van der Waals surface area contributed by atoms with Crippen molar-refractivity contribution in [2.45, 2.75) is 12.5 Å². The fourth-order valence-electron chi connectivity index (χ4n) is 1.72. The fraction of sp³-hybridized carbons (Fsp3) is 0.200. The highest BCUT2D eigenvalue weighted by Crippen LogP contribution is 2.22. The Morgan fingerprint density at radius 3 is 2.25 bits per heavy atom. The second kappa shape index (κ2) is 7.19. The SMILES string of the molecule is OC(COc1ccc(Cl)cc1)Cc1ccc(Cl)cc1Cl. The largest absolute Gasteiger partial charge is 0.491 e. The average molecular weight is 332 g/mol. The summed E-state index contributed by atoms with van der Waals surface area (Å²) in [7, 11) is 0. The van der Waals surface area contributed by atoms with Crippen LogP contribution in [-0.2, 0) is 6.42 Å². The van der Waals surface area contributed by atoms with E-state index in [2.05, 4.69) is 0 Å². The van der Waals surface area contributed by atoms with Crippen LogP contribution in [-0.4, -0.2) is 17.8 Å². The molecule has 0 saturated heterocycles. The smallest absolute Gasteiger partial charge is 0.119 e. The molecule has 2 nitrogen and oxygen atoms in total. The molecule has 20 heavy (non-hydrogen) atoms. The summed E-state index contributed by atoms with van der Waals surface area (Å²) in [6, 6.07) is 12.2. The Labute approximate surface area is 132 Å². The number of ether oxygens (including phenoxy) is 1. The summed E-state index contributed by atoms with van der Waals surface area (Å²) in [5, 5.41) is 11.7. The maximum absolute atomic E-state index is 9.97. The third-order valence-electron chi connectivity index (χ3n) is 2.73. The van der Waals surface area contributed by atoms with Crippen LogP contribution in [0.25, 0.3) is 0 Å². The van der Waals surface area contributed by atoms with Crippen molar-refractivity contribution >= 4 is 34.8 Å². The van der Waals surface area contributed by atoms with Gasteiger partial charge in [0.2, 0.25) is 0 Å². The minimum absolute atomic E-state index is 0.181. The van der Waals surface area contributed by atoms with Gasteiger partial charge in [0, 0.05) is 21.5 Å². The lowest BCUT2D eigenvalue weighted by Crippen LogP contribution is -2.20. The van der Waals surface area contributed by atoms with Crippen molar-refractivity contribution in [3.05, 3.63) is 63.1 Å². The van der Waals surface area contributed by atoms with E-state index < -0.39 is 6.10 Å². The van der Waals surface area contributed by atoms with Crippen molar-refractivity contribution in [1.29, 1.82) is 0 Å². The van der Waals surface area contributed by atoms with Crippen molar-refractivity contribution < 1.29 is 9.84 Å². The van der Waals surface area contributed by atoms with Crippen molar-refractivity contribution in [2.75, 3.05) is 6.61 Å². The summed E-state index contributed by atoms with van der Waals surface area (Å²) >= 11 is 17.7. The van der Waals surface area contributed by atoms with Crippen LogP contribution in [0.2, 0.25) is 15.1 Å².